The van der Waals surface area contributed by atoms with E-state index >= 15 is 0 Å². The lowest BCUT2D eigenvalue weighted by Crippen LogP contribution is -2.54. The molecule has 9 rings (SSSR count). The van der Waals surface area contributed by atoms with E-state index in [0.717, 1.165) is 79.5 Å². The molecule has 2 atom stereocenters. The van der Waals surface area contributed by atoms with Gasteiger partial charge < -0.3 is 20.6 Å². The predicted octanol–water partition coefficient (Wildman–Crippen LogP) is 3.30. The van der Waals surface area contributed by atoms with Gasteiger partial charge in [-0.1, -0.05) is 12.1 Å². The van der Waals surface area contributed by atoms with E-state index in [-0.39, 0.29) is 36.1 Å². The van der Waals surface area contributed by atoms with Crippen LogP contribution in [-0.4, -0.2) is 108 Å². The summed E-state index contributed by atoms with van der Waals surface area (Å²) in [6, 6.07) is 16.0. The van der Waals surface area contributed by atoms with Crippen LogP contribution in [0.15, 0.2) is 78.2 Å². The molecule has 6 heterocycles. The number of aliphatic hydroxyl groups excluding tert-OH is 1. The zero-order chi connectivity index (χ0) is 41.5. The topological polar surface area (TPSA) is 200 Å². The number of carbonyl (C=O) groups excluding carboxylic acids is 4. The number of carbonyl (C=O) groups is 4. The standard InChI is InChI=1S/C43H45N11O6/c1-2-18-52-40(58)32-25-45-43(49-38(32)54(52)35-15-6-26-5-14-34(55)37(26)47-35)46-27-7-10-29(11-8-27)51-22-20-50(21-23-51)19-4-3-17-44-28-9-12-30-31(24-28)42(60)53(41(30)59)33-13-16-36(56)48-39(33)57/h2,6-12,15,24-25,33-34,44,55H,1,3-5,13-14,16-23H2,(H,45,46,49)(H,48,56,57). The van der Waals surface area contributed by atoms with Crippen molar-refractivity contribution in [2.75, 3.05) is 54.8 Å². The fourth-order valence-electron chi connectivity index (χ4n) is 8.54. The molecule has 17 nitrogen and oxygen atoms in total. The maximum absolute atomic E-state index is 13.4. The molecule has 4 aliphatic rings. The van der Waals surface area contributed by atoms with E-state index in [9.17, 15) is 29.1 Å². The molecule has 0 bridgehead atoms. The molecule has 2 saturated heterocycles. The number of imide groups is 2. The minimum atomic E-state index is -0.982. The van der Waals surface area contributed by atoms with Gasteiger partial charge in [0.25, 0.3) is 17.4 Å². The molecule has 3 aliphatic heterocycles. The van der Waals surface area contributed by atoms with Crippen molar-refractivity contribution in [3.8, 4) is 5.82 Å². The first kappa shape index (κ1) is 38.8. The van der Waals surface area contributed by atoms with E-state index in [1.54, 1.807) is 29.0 Å². The van der Waals surface area contributed by atoms with E-state index in [0.29, 0.717) is 41.5 Å². The Morgan fingerprint density at radius 1 is 0.867 bits per heavy atom. The third-order valence-electron chi connectivity index (χ3n) is 11.7. The number of nitrogens with zero attached hydrogens (tertiary/aromatic N) is 8. The van der Waals surface area contributed by atoms with Gasteiger partial charge in [-0.3, -0.25) is 39.1 Å². The van der Waals surface area contributed by atoms with E-state index in [2.05, 4.69) is 49.4 Å². The van der Waals surface area contributed by atoms with Crippen LogP contribution in [0.1, 0.15) is 70.2 Å². The van der Waals surface area contributed by atoms with Gasteiger partial charge in [0.2, 0.25) is 17.8 Å². The zero-order valence-corrected chi connectivity index (χ0v) is 33.0. The molecule has 2 unspecified atom stereocenters. The van der Waals surface area contributed by atoms with Crippen LogP contribution in [0.5, 0.6) is 0 Å². The third kappa shape index (κ3) is 7.30. The Balaban J connectivity index is 0.755. The number of piperazine rings is 1. The number of aliphatic hydroxyl groups is 1. The van der Waals surface area contributed by atoms with Crippen molar-refractivity contribution in [2.45, 2.75) is 57.2 Å². The molecule has 5 aromatic rings. The monoisotopic (exact) mass is 811 g/mol. The number of benzene rings is 2. The van der Waals surface area contributed by atoms with Crippen molar-refractivity contribution in [3.63, 3.8) is 0 Å². The number of pyridine rings is 1. The summed E-state index contributed by atoms with van der Waals surface area (Å²) in [6.07, 6.45) is 6.04. The number of hydrogen-bond donors (Lipinski definition) is 4. The maximum Gasteiger partial charge on any atom is 0.278 e. The highest BCUT2D eigenvalue weighted by molar-refractivity contribution is 6.23. The van der Waals surface area contributed by atoms with Crippen LogP contribution in [-0.2, 0) is 22.6 Å². The second-order valence-corrected chi connectivity index (χ2v) is 15.5. The number of hydrogen-bond acceptors (Lipinski definition) is 13. The zero-order valence-electron chi connectivity index (χ0n) is 33.0. The van der Waals surface area contributed by atoms with Gasteiger partial charge in [0.1, 0.15) is 11.4 Å². The highest BCUT2D eigenvalue weighted by Crippen LogP contribution is 2.32. The van der Waals surface area contributed by atoms with Gasteiger partial charge in [0, 0.05) is 62.4 Å². The summed E-state index contributed by atoms with van der Waals surface area (Å²) >= 11 is 0. The number of unbranched alkanes of at least 4 members (excludes halogenated alkanes) is 1. The lowest BCUT2D eigenvalue weighted by Gasteiger charge is -2.36. The Hall–Kier alpha value is -6.72. The smallest absolute Gasteiger partial charge is 0.278 e. The molecule has 2 fully saturated rings. The van der Waals surface area contributed by atoms with Crippen LogP contribution >= 0.6 is 0 Å². The molecule has 60 heavy (non-hydrogen) atoms. The highest BCUT2D eigenvalue weighted by Gasteiger charge is 2.44. The highest BCUT2D eigenvalue weighted by atomic mass is 16.3. The Bertz CT molecular complexity index is 2590. The van der Waals surface area contributed by atoms with Crippen molar-refractivity contribution >= 4 is 57.7 Å². The Morgan fingerprint density at radius 2 is 1.65 bits per heavy atom. The molecular weight excluding hydrogens is 767 g/mol. The van der Waals surface area contributed by atoms with E-state index < -0.39 is 35.8 Å². The van der Waals surface area contributed by atoms with Gasteiger partial charge in [-0.25, -0.2) is 19.3 Å². The Kier molecular flexibility index (Phi) is 10.4. The summed E-state index contributed by atoms with van der Waals surface area (Å²) in [6.45, 7) is 9.42. The summed E-state index contributed by atoms with van der Waals surface area (Å²) in [5.41, 5.74) is 4.97. The lowest BCUT2D eigenvalue weighted by atomic mass is 10.0. The van der Waals surface area contributed by atoms with Crippen molar-refractivity contribution in [1.29, 1.82) is 0 Å². The molecule has 308 valence electrons. The summed E-state index contributed by atoms with van der Waals surface area (Å²) in [4.78, 5) is 83.2. The molecule has 0 radical (unpaired) electrons. The van der Waals surface area contributed by atoms with Gasteiger partial charge in [-0.2, -0.15) is 4.98 Å². The molecule has 0 saturated carbocycles. The van der Waals surface area contributed by atoms with Crippen molar-refractivity contribution in [3.05, 3.63) is 106 Å². The summed E-state index contributed by atoms with van der Waals surface area (Å²) in [7, 11) is 0. The molecule has 4 N–H and O–H groups in total. The molecular formula is C43H45N11O6. The van der Waals surface area contributed by atoms with Crippen LogP contribution in [0.2, 0.25) is 0 Å². The molecule has 17 heteroatoms. The number of nitrogens with one attached hydrogen (secondary N) is 3. The number of amides is 4. The van der Waals surface area contributed by atoms with E-state index in [1.807, 2.05) is 24.3 Å². The first-order valence-corrected chi connectivity index (χ1v) is 20.4. The van der Waals surface area contributed by atoms with Gasteiger partial charge in [-0.15, -0.1) is 6.58 Å². The quantitative estimate of drug-likeness (QED) is 0.0768. The maximum atomic E-state index is 13.4. The van der Waals surface area contributed by atoms with Gasteiger partial charge >= 0.3 is 0 Å². The molecule has 0 spiro atoms. The summed E-state index contributed by atoms with van der Waals surface area (Å²) < 4.78 is 3.19. The number of allylic oxidation sites excluding steroid dienone is 1. The normalized spacial score (nSPS) is 19.1. The number of piperidine rings is 1. The van der Waals surface area contributed by atoms with Crippen LogP contribution in [0, 0.1) is 0 Å². The minimum Gasteiger partial charge on any atom is -0.387 e. The van der Waals surface area contributed by atoms with Crippen LogP contribution in [0.25, 0.3) is 16.9 Å². The number of anilines is 4. The average Bonchev–Trinajstić information content (AvgIpc) is 3.85. The SMILES string of the molecule is C=CCn1c(=O)c2cnc(Nc3ccc(N4CCN(CCCCNc5ccc6c(c5)C(=O)N(C5CCC(=O)NC5=O)C6=O)CC4)cc3)nc2n1-c1ccc2c(n1)C(O)CC2. The van der Waals surface area contributed by atoms with Crippen LogP contribution in [0.3, 0.4) is 0 Å². The van der Waals surface area contributed by atoms with Crippen LogP contribution in [0.4, 0.5) is 23.0 Å². The molecule has 3 aromatic heterocycles. The Morgan fingerprint density at radius 3 is 2.43 bits per heavy atom. The largest absolute Gasteiger partial charge is 0.387 e. The van der Waals surface area contributed by atoms with Gasteiger partial charge in [0.15, 0.2) is 11.5 Å². The van der Waals surface area contributed by atoms with Gasteiger partial charge in [0.05, 0.1) is 29.5 Å². The lowest BCUT2D eigenvalue weighted by molar-refractivity contribution is -0.136. The minimum absolute atomic E-state index is 0.0831. The second-order valence-electron chi connectivity index (χ2n) is 15.5. The summed E-state index contributed by atoms with van der Waals surface area (Å²) in [5.74, 6) is -1.22. The fourth-order valence-corrected chi connectivity index (χ4v) is 8.54. The third-order valence-corrected chi connectivity index (χ3v) is 11.7. The number of rotatable bonds is 13. The molecule has 2 aromatic carbocycles. The number of aryl methyl sites for hydroxylation is 1. The van der Waals surface area contributed by atoms with E-state index in [1.165, 1.54) is 10.9 Å². The fraction of sp³-hybridized carbons (Fsp3) is 0.349. The average molecular weight is 812 g/mol. The predicted molar refractivity (Wildman–Crippen MR) is 224 cm³/mol. The van der Waals surface area contributed by atoms with Gasteiger partial charge in [-0.05, 0) is 92.7 Å². The van der Waals surface area contributed by atoms with Crippen molar-refractivity contribution in [1.82, 2.24) is 39.4 Å². The Labute approximate surface area is 344 Å². The summed E-state index contributed by atoms with van der Waals surface area (Å²) in [5, 5.41) is 19.7. The van der Waals surface area contributed by atoms with Crippen molar-refractivity contribution in [2.24, 2.45) is 0 Å². The second kappa shape index (κ2) is 16.1. The van der Waals surface area contributed by atoms with Crippen molar-refractivity contribution < 1.29 is 24.3 Å². The first-order valence-electron chi connectivity index (χ1n) is 20.4. The molecule has 4 amide bonds. The number of fused-ring (bicyclic) bond motifs is 3. The van der Waals surface area contributed by atoms with Crippen LogP contribution < -0.4 is 26.4 Å². The number of aromatic nitrogens is 5. The van der Waals surface area contributed by atoms with E-state index in [4.69, 9.17) is 9.97 Å². The first-order chi connectivity index (χ1) is 29.2. The molecule has 1 aliphatic carbocycles.